The summed E-state index contributed by atoms with van der Waals surface area (Å²) in [6.45, 7) is 0.0552. The molecule has 4 rings (SSSR count). The van der Waals surface area contributed by atoms with Gasteiger partial charge >= 0.3 is 0 Å². The summed E-state index contributed by atoms with van der Waals surface area (Å²) in [5.74, 6) is 0.290. The first-order valence-corrected chi connectivity index (χ1v) is 7.01. The topological polar surface area (TPSA) is 91.8 Å². The Hall–Kier alpha value is -3.35. The van der Waals surface area contributed by atoms with E-state index in [0.29, 0.717) is 22.8 Å². The number of aromatic amines is 1. The Bertz CT molecular complexity index is 869. The zero-order valence-electron chi connectivity index (χ0n) is 11.9. The van der Waals surface area contributed by atoms with Crippen molar-refractivity contribution in [2.24, 2.45) is 0 Å². The zero-order valence-corrected chi connectivity index (χ0v) is 11.9. The first-order valence-electron chi connectivity index (χ1n) is 7.01. The molecule has 0 saturated carbocycles. The SMILES string of the molecule is O=C1c2ccccc2C(=O)N1Cc1nc(-c2cccnc2)n[nH]1. The number of nitrogens with zero attached hydrogens (tertiary/aromatic N) is 4. The van der Waals surface area contributed by atoms with Crippen LogP contribution in [0.2, 0.25) is 0 Å². The van der Waals surface area contributed by atoms with Gasteiger partial charge in [-0.1, -0.05) is 12.1 Å². The van der Waals surface area contributed by atoms with Crippen LogP contribution < -0.4 is 0 Å². The van der Waals surface area contributed by atoms with E-state index >= 15 is 0 Å². The van der Waals surface area contributed by atoms with Gasteiger partial charge in [0.1, 0.15) is 5.82 Å². The van der Waals surface area contributed by atoms with Crippen LogP contribution in [0.1, 0.15) is 26.5 Å². The van der Waals surface area contributed by atoms with Crippen LogP contribution in [0.3, 0.4) is 0 Å². The minimum Gasteiger partial charge on any atom is -0.269 e. The molecular formula is C16H11N5O2. The highest BCUT2D eigenvalue weighted by Crippen LogP contribution is 2.24. The molecule has 1 aliphatic rings. The molecule has 1 N–H and O–H groups in total. The maximum Gasteiger partial charge on any atom is 0.261 e. The van der Waals surface area contributed by atoms with Crippen molar-refractivity contribution < 1.29 is 9.59 Å². The lowest BCUT2D eigenvalue weighted by molar-refractivity contribution is 0.0638. The second-order valence-electron chi connectivity index (χ2n) is 5.09. The largest absolute Gasteiger partial charge is 0.269 e. The fourth-order valence-corrected chi connectivity index (χ4v) is 2.52. The minimum atomic E-state index is -0.315. The van der Waals surface area contributed by atoms with Crippen molar-refractivity contribution in [3.05, 3.63) is 65.7 Å². The van der Waals surface area contributed by atoms with Crippen LogP contribution in [0.25, 0.3) is 11.4 Å². The lowest BCUT2D eigenvalue weighted by atomic mass is 10.1. The fourth-order valence-electron chi connectivity index (χ4n) is 2.52. The Morgan fingerprint density at radius 2 is 1.74 bits per heavy atom. The lowest BCUT2D eigenvalue weighted by Gasteiger charge is -2.10. The molecule has 2 aromatic heterocycles. The van der Waals surface area contributed by atoms with E-state index in [2.05, 4.69) is 20.2 Å². The van der Waals surface area contributed by atoms with Gasteiger partial charge in [0.25, 0.3) is 11.8 Å². The van der Waals surface area contributed by atoms with Crippen LogP contribution in [-0.4, -0.2) is 36.9 Å². The Morgan fingerprint density at radius 3 is 2.39 bits per heavy atom. The molecule has 0 atom stereocenters. The molecule has 7 nitrogen and oxygen atoms in total. The molecule has 0 aliphatic carbocycles. The summed E-state index contributed by atoms with van der Waals surface area (Å²) in [5.41, 5.74) is 1.60. The van der Waals surface area contributed by atoms with Gasteiger partial charge in [0.15, 0.2) is 5.82 Å². The zero-order chi connectivity index (χ0) is 15.8. The molecule has 0 saturated heterocycles. The molecule has 0 radical (unpaired) electrons. The van der Waals surface area contributed by atoms with E-state index in [4.69, 9.17) is 0 Å². The number of amides is 2. The number of fused-ring (bicyclic) bond motifs is 1. The molecule has 2 amide bonds. The molecule has 3 aromatic rings. The van der Waals surface area contributed by atoms with Crippen LogP contribution in [0.4, 0.5) is 0 Å². The molecule has 0 bridgehead atoms. The lowest BCUT2D eigenvalue weighted by Crippen LogP contribution is -2.29. The van der Waals surface area contributed by atoms with Crippen molar-refractivity contribution in [2.45, 2.75) is 6.54 Å². The van der Waals surface area contributed by atoms with Crippen molar-refractivity contribution >= 4 is 11.8 Å². The molecule has 3 heterocycles. The van der Waals surface area contributed by atoms with Crippen LogP contribution in [0.15, 0.2) is 48.8 Å². The van der Waals surface area contributed by atoms with E-state index in [1.54, 1.807) is 42.7 Å². The quantitative estimate of drug-likeness (QED) is 0.743. The number of rotatable bonds is 3. The maximum atomic E-state index is 12.3. The van der Waals surface area contributed by atoms with Gasteiger partial charge in [-0.25, -0.2) is 4.98 Å². The van der Waals surface area contributed by atoms with E-state index in [0.717, 1.165) is 10.5 Å². The second-order valence-corrected chi connectivity index (χ2v) is 5.09. The van der Waals surface area contributed by atoms with Gasteiger partial charge in [-0.05, 0) is 24.3 Å². The summed E-state index contributed by atoms with van der Waals surface area (Å²) < 4.78 is 0. The number of imide groups is 1. The number of carbonyl (C=O) groups is 2. The molecule has 0 spiro atoms. The first kappa shape index (κ1) is 13.3. The molecular weight excluding hydrogens is 294 g/mol. The smallest absolute Gasteiger partial charge is 0.261 e. The Morgan fingerprint density at radius 1 is 1.00 bits per heavy atom. The molecule has 7 heteroatoms. The molecule has 23 heavy (non-hydrogen) atoms. The van der Waals surface area contributed by atoms with Crippen molar-refractivity contribution in [1.82, 2.24) is 25.1 Å². The monoisotopic (exact) mass is 305 g/mol. The van der Waals surface area contributed by atoms with Crippen LogP contribution >= 0.6 is 0 Å². The summed E-state index contributed by atoms with van der Waals surface area (Å²) >= 11 is 0. The van der Waals surface area contributed by atoms with E-state index in [-0.39, 0.29) is 18.4 Å². The highest BCUT2D eigenvalue weighted by Gasteiger charge is 2.35. The van der Waals surface area contributed by atoms with Crippen molar-refractivity contribution in [3.8, 4) is 11.4 Å². The van der Waals surface area contributed by atoms with Gasteiger partial charge in [-0.15, -0.1) is 0 Å². The number of H-pyrrole nitrogens is 1. The second kappa shape index (κ2) is 5.13. The number of hydrogen-bond acceptors (Lipinski definition) is 5. The molecule has 112 valence electrons. The molecule has 0 fully saturated rings. The maximum absolute atomic E-state index is 12.3. The van der Waals surface area contributed by atoms with Gasteiger partial charge in [0, 0.05) is 18.0 Å². The predicted octanol–water partition coefficient (Wildman–Crippen LogP) is 1.66. The summed E-state index contributed by atoms with van der Waals surface area (Å²) in [6.07, 6.45) is 3.31. The van der Waals surface area contributed by atoms with Gasteiger partial charge in [-0.3, -0.25) is 24.6 Å². The predicted molar refractivity (Wildman–Crippen MR) is 80.3 cm³/mol. The van der Waals surface area contributed by atoms with E-state index in [1.807, 2.05) is 6.07 Å². The average molecular weight is 305 g/mol. The van der Waals surface area contributed by atoms with Crippen LogP contribution in [0, 0.1) is 0 Å². The third kappa shape index (κ3) is 2.18. The third-order valence-corrected chi connectivity index (χ3v) is 3.64. The summed E-state index contributed by atoms with van der Waals surface area (Å²) in [7, 11) is 0. The third-order valence-electron chi connectivity index (χ3n) is 3.64. The minimum absolute atomic E-state index is 0.0552. The van der Waals surface area contributed by atoms with E-state index < -0.39 is 0 Å². The van der Waals surface area contributed by atoms with Gasteiger partial charge < -0.3 is 0 Å². The number of pyridine rings is 1. The van der Waals surface area contributed by atoms with Crippen molar-refractivity contribution in [1.29, 1.82) is 0 Å². The normalized spacial score (nSPS) is 13.5. The highest BCUT2D eigenvalue weighted by molar-refractivity contribution is 6.21. The summed E-state index contributed by atoms with van der Waals surface area (Å²) in [4.78, 5) is 34.1. The molecule has 1 aliphatic heterocycles. The van der Waals surface area contributed by atoms with Crippen molar-refractivity contribution in [2.75, 3.05) is 0 Å². The molecule has 1 aromatic carbocycles. The average Bonchev–Trinajstić information content (AvgIpc) is 3.16. The van der Waals surface area contributed by atoms with E-state index in [1.165, 1.54) is 0 Å². The summed E-state index contributed by atoms with van der Waals surface area (Å²) in [6, 6.07) is 10.4. The Balaban J connectivity index is 1.60. The Labute approximate surface area is 131 Å². The van der Waals surface area contributed by atoms with Gasteiger partial charge in [0.2, 0.25) is 0 Å². The standard InChI is InChI=1S/C16H11N5O2/c22-15-11-5-1-2-6-12(11)16(23)21(15)9-13-18-14(20-19-13)10-4-3-7-17-8-10/h1-8H,9H2,(H,18,19,20). The van der Waals surface area contributed by atoms with Gasteiger partial charge in [0.05, 0.1) is 17.7 Å². The van der Waals surface area contributed by atoms with Crippen LogP contribution in [-0.2, 0) is 6.54 Å². The van der Waals surface area contributed by atoms with Crippen molar-refractivity contribution in [3.63, 3.8) is 0 Å². The highest BCUT2D eigenvalue weighted by atomic mass is 16.2. The summed E-state index contributed by atoms with van der Waals surface area (Å²) in [5, 5.41) is 6.87. The number of aromatic nitrogens is 4. The molecule has 0 unspecified atom stereocenters. The number of benzene rings is 1. The van der Waals surface area contributed by atoms with E-state index in [9.17, 15) is 9.59 Å². The van der Waals surface area contributed by atoms with Crippen LogP contribution in [0.5, 0.6) is 0 Å². The number of nitrogens with one attached hydrogen (secondary N) is 1. The number of hydrogen-bond donors (Lipinski definition) is 1. The fraction of sp³-hybridized carbons (Fsp3) is 0.0625. The number of carbonyl (C=O) groups excluding carboxylic acids is 2. The first-order chi connectivity index (χ1) is 11.2. The van der Waals surface area contributed by atoms with Gasteiger partial charge in [-0.2, -0.15) is 5.10 Å². The Kier molecular flexibility index (Phi) is 2.97.